The summed E-state index contributed by atoms with van der Waals surface area (Å²) in [5.74, 6) is 0.320. The van der Waals surface area contributed by atoms with Gasteiger partial charge >= 0.3 is 7.12 Å². The van der Waals surface area contributed by atoms with Crippen molar-refractivity contribution < 1.29 is 24.0 Å². The molecule has 12 heteroatoms. The monoisotopic (exact) mass is 670 g/mol. The molecule has 2 heterocycles. The van der Waals surface area contributed by atoms with Crippen LogP contribution in [0.15, 0.2) is 77.9 Å². The van der Waals surface area contributed by atoms with Gasteiger partial charge in [-0.05, 0) is 74.2 Å². The zero-order valence-electron chi connectivity index (χ0n) is 29.7. The number of nitrogens with one attached hydrogen (secondary N) is 4. The maximum Gasteiger partial charge on any atom is 0.494 e. The van der Waals surface area contributed by atoms with Crippen molar-refractivity contribution in [3.63, 3.8) is 0 Å². The average molecular weight is 671 g/mol. The first-order valence-corrected chi connectivity index (χ1v) is 17.2. The molecule has 0 saturated carbocycles. The highest BCUT2D eigenvalue weighted by molar-refractivity contribution is 6.62. The van der Waals surface area contributed by atoms with E-state index in [0.29, 0.717) is 18.8 Å². The van der Waals surface area contributed by atoms with E-state index in [1.807, 2.05) is 101 Å². The van der Waals surface area contributed by atoms with Gasteiger partial charge in [-0.15, -0.1) is 10.6 Å². The molecule has 2 aliphatic heterocycles. The minimum Gasteiger partial charge on any atom is -0.399 e. The topological polar surface area (TPSA) is 129 Å². The summed E-state index contributed by atoms with van der Waals surface area (Å²) in [6.07, 6.45) is 1.55. The van der Waals surface area contributed by atoms with Crippen LogP contribution in [0, 0.1) is 5.92 Å². The quantitative estimate of drug-likeness (QED) is 0.0902. The predicted molar refractivity (Wildman–Crippen MR) is 193 cm³/mol. The van der Waals surface area contributed by atoms with Crippen molar-refractivity contribution in [3.05, 3.63) is 89.5 Å². The molecule has 0 bridgehead atoms. The van der Waals surface area contributed by atoms with Crippen LogP contribution in [0.1, 0.15) is 84.4 Å². The molecule has 3 aromatic rings. The van der Waals surface area contributed by atoms with Gasteiger partial charge in [-0.3, -0.25) is 20.0 Å². The second kappa shape index (κ2) is 15.8. The van der Waals surface area contributed by atoms with Crippen molar-refractivity contribution in [2.75, 3.05) is 0 Å². The van der Waals surface area contributed by atoms with Gasteiger partial charge in [-0.2, -0.15) is 0 Å². The summed E-state index contributed by atoms with van der Waals surface area (Å²) in [6.45, 7) is 14.8. The van der Waals surface area contributed by atoms with Crippen LogP contribution in [0.4, 0.5) is 0 Å². The fraction of sp³-hybridized carbons (Fsp3) is 0.459. The molecule has 2 aliphatic rings. The Bertz CT molecular complexity index is 1560. The lowest BCUT2D eigenvalue weighted by atomic mass is 9.79. The number of amidine groups is 1. The number of hydrogen-bond acceptors (Lipinski definition) is 10. The molecule has 1 amide bonds. The Morgan fingerprint density at radius 1 is 0.959 bits per heavy atom. The van der Waals surface area contributed by atoms with E-state index in [2.05, 4.69) is 52.2 Å². The van der Waals surface area contributed by atoms with E-state index in [0.717, 1.165) is 46.1 Å². The Hall–Kier alpha value is -3.78. The maximum absolute atomic E-state index is 13.7. The molecule has 5 N–H and O–H groups in total. The zero-order chi connectivity index (χ0) is 35.2. The molecule has 49 heavy (non-hydrogen) atoms. The lowest BCUT2D eigenvalue weighted by molar-refractivity contribution is -0.149. The number of nitrogens with zero attached hydrogens (tertiary/aromatic N) is 2. The second-order valence-electron chi connectivity index (χ2n) is 14.1. The summed E-state index contributed by atoms with van der Waals surface area (Å²) < 4.78 is 12.3. The second-order valence-corrected chi connectivity index (χ2v) is 14.1. The average Bonchev–Trinajstić information content (AvgIpc) is 3.69. The van der Waals surface area contributed by atoms with Crippen LogP contribution in [0.2, 0.25) is 0 Å². The number of hydroxylamine groups is 1. The Morgan fingerprint density at radius 3 is 2.18 bits per heavy atom. The Balaban J connectivity index is 1.25. The molecular weight excluding hydrogens is 619 g/mol. The van der Waals surface area contributed by atoms with Crippen molar-refractivity contribution in [3.8, 4) is 11.1 Å². The number of hydrazine groups is 2. The number of hydrogen-bond donors (Lipinski definition) is 5. The number of rotatable bonds is 15. The number of amides is 1. The smallest absolute Gasteiger partial charge is 0.399 e. The molecule has 11 nitrogen and oxygen atoms in total. The summed E-state index contributed by atoms with van der Waals surface area (Å²) in [4.78, 5) is 21.3. The molecular formula is C37H51BN6O5. The Labute approximate surface area is 290 Å². The molecule has 0 spiro atoms. The molecule has 0 aliphatic carbocycles. The van der Waals surface area contributed by atoms with Crippen LogP contribution in [0.5, 0.6) is 0 Å². The summed E-state index contributed by atoms with van der Waals surface area (Å²) >= 11 is 0. The number of hydrazone groups is 1. The summed E-state index contributed by atoms with van der Waals surface area (Å²) in [5, 5.41) is 15.7. The third kappa shape index (κ3) is 8.70. The van der Waals surface area contributed by atoms with E-state index < -0.39 is 30.6 Å². The van der Waals surface area contributed by atoms with Gasteiger partial charge in [-0.25, -0.2) is 11.0 Å². The van der Waals surface area contributed by atoms with Crippen LogP contribution >= 0.6 is 0 Å². The van der Waals surface area contributed by atoms with Crippen molar-refractivity contribution in [1.82, 2.24) is 26.9 Å². The molecule has 1 fully saturated rings. The molecule has 5 rings (SSSR count). The molecule has 0 aromatic heterocycles. The number of aliphatic hydroxyl groups excluding tert-OH is 1. The number of aliphatic hydroxyl groups is 1. The number of benzene rings is 3. The largest absolute Gasteiger partial charge is 0.494 e. The summed E-state index contributed by atoms with van der Waals surface area (Å²) in [5.41, 5.74) is 16.2. The fourth-order valence-electron chi connectivity index (χ4n) is 6.05. The summed E-state index contributed by atoms with van der Waals surface area (Å²) in [6, 6.07) is 23.5. The molecule has 262 valence electrons. The third-order valence-electron chi connectivity index (χ3n) is 9.59. The van der Waals surface area contributed by atoms with Crippen molar-refractivity contribution in [2.45, 2.75) is 104 Å². The number of carbonyl (C=O) groups is 1. The standard InChI is InChI=1S/C37H51BN6O5/c1-8-9-14-32(45)44(23-26-15-19-28(20-16-26)30-12-10-11-13-31(30)34-39-42-43-40-34)33(25(2)3)35(46)41-47-24-27-17-21-29(22-18-27)38-48-36(4,5)37(6,7)49-38/h10-13,15-22,25,32-33,42-43,45H,8-9,14,23-24H2,1-7H3,(H,39,40)(H,41,46)/t32?,33-/m0/s1. The van der Waals surface area contributed by atoms with Crippen molar-refractivity contribution in [1.29, 1.82) is 0 Å². The van der Waals surface area contributed by atoms with Gasteiger partial charge in [0.2, 0.25) is 0 Å². The van der Waals surface area contributed by atoms with E-state index in [-0.39, 0.29) is 18.4 Å². The first-order valence-electron chi connectivity index (χ1n) is 17.2. The Kier molecular flexibility index (Phi) is 11.8. The van der Waals surface area contributed by atoms with E-state index in [4.69, 9.17) is 14.1 Å². The van der Waals surface area contributed by atoms with E-state index in [1.54, 1.807) is 0 Å². The number of unbranched alkanes of at least 4 members (excludes halogenated alkanes) is 1. The maximum atomic E-state index is 13.7. The van der Waals surface area contributed by atoms with Crippen LogP contribution in [-0.2, 0) is 32.1 Å². The van der Waals surface area contributed by atoms with Gasteiger partial charge < -0.3 is 14.4 Å². The van der Waals surface area contributed by atoms with Crippen molar-refractivity contribution >= 4 is 24.3 Å². The predicted octanol–water partition coefficient (Wildman–Crippen LogP) is 4.51. The molecule has 2 atom stereocenters. The highest BCUT2D eigenvalue weighted by Crippen LogP contribution is 2.36. The van der Waals surface area contributed by atoms with Crippen LogP contribution < -0.4 is 27.4 Å². The zero-order valence-corrected chi connectivity index (χ0v) is 29.7. The molecule has 1 saturated heterocycles. The Morgan fingerprint density at radius 2 is 1.59 bits per heavy atom. The van der Waals surface area contributed by atoms with E-state index in [1.165, 1.54) is 0 Å². The van der Waals surface area contributed by atoms with Gasteiger partial charge in [-0.1, -0.05) is 100.0 Å². The first kappa shape index (κ1) is 36.5. The first-order chi connectivity index (χ1) is 23.4. The number of carbonyl (C=O) groups excluding carboxylic acids is 1. The van der Waals surface area contributed by atoms with Crippen LogP contribution in [0.3, 0.4) is 0 Å². The fourth-order valence-corrected chi connectivity index (χ4v) is 6.05. The van der Waals surface area contributed by atoms with Gasteiger partial charge in [0.15, 0.2) is 5.84 Å². The highest BCUT2D eigenvalue weighted by atomic mass is 16.7. The minimum atomic E-state index is -0.799. The SMILES string of the molecule is CCCCC(O)N(Cc1ccc(-c2ccccc2C2=NNNN2)cc1)[C@H](C(=O)NOCc1ccc(B2OC(C)(C)C(C)(C)O2)cc1)C(C)C. The summed E-state index contributed by atoms with van der Waals surface area (Å²) in [7, 11) is -0.442. The molecule has 0 radical (unpaired) electrons. The van der Waals surface area contributed by atoms with Gasteiger partial charge in [0, 0.05) is 12.1 Å². The normalized spacial score (nSPS) is 17.8. The van der Waals surface area contributed by atoms with Crippen LogP contribution in [0.25, 0.3) is 11.1 Å². The van der Waals surface area contributed by atoms with E-state index >= 15 is 0 Å². The van der Waals surface area contributed by atoms with Gasteiger partial charge in [0.1, 0.15) is 6.23 Å². The third-order valence-corrected chi connectivity index (χ3v) is 9.59. The highest BCUT2D eigenvalue weighted by Gasteiger charge is 2.51. The van der Waals surface area contributed by atoms with Gasteiger partial charge in [0.25, 0.3) is 5.91 Å². The minimum absolute atomic E-state index is 0.0906. The van der Waals surface area contributed by atoms with E-state index in [9.17, 15) is 9.90 Å². The lowest BCUT2D eigenvalue weighted by Gasteiger charge is -2.36. The molecule has 1 unspecified atom stereocenters. The van der Waals surface area contributed by atoms with Gasteiger partial charge in [0.05, 0.1) is 23.9 Å². The van der Waals surface area contributed by atoms with Crippen molar-refractivity contribution in [2.24, 2.45) is 11.0 Å². The van der Waals surface area contributed by atoms with Crippen LogP contribution in [-0.4, -0.2) is 52.3 Å². The lowest BCUT2D eigenvalue weighted by Crippen LogP contribution is -2.53. The molecule has 3 aromatic carbocycles.